The molecule has 3 aromatic rings. The molecule has 1 aliphatic rings. The largest absolute Gasteiger partial charge is 0.491 e. The molecule has 176 valence electrons. The lowest BCUT2D eigenvalue weighted by Gasteiger charge is -2.37. The lowest BCUT2D eigenvalue weighted by Crippen LogP contribution is -2.49. The number of nitrogens with zero attached hydrogens (tertiary/aromatic N) is 2. The monoisotopic (exact) mass is 477 g/mol. The maximum atomic E-state index is 12.9. The number of amides is 2. The molecule has 7 heteroatoms. The summed E-state index contributed by atoms with van der Waals surface area (Å²) in [6.45, 7) is 6.47. The number of hydrogen-bond acceptors (Lipinski definition) is 4. The summed E-state index contributed by atoms with van der Waals surface area (Å²) in [4.78, 5) is 29.7. The number of carbonyl (C=O) groups is 2. The highest BCUT2D eigenvalue weighted by Gasteiger charge is 2.24. The summed E-state index contributed by atoms with van der Waals surface area (Å²) in [5, 5.41) is 3.65. The zero-order valence-electron chi connectivity index (χ0n) is 19.3. The van der Waals surface area contributed by atoms with Gasteiger partial charge in [0, 0.05) is 42.3 Å². The van der Waals surface area contributed by atoms with Gasteiger partial charge in [0.1, 0.15) is 5.75 Å². The van der Waals surface area contributed by atoms with Crippen molar-refractivity contribution in [2.24, 2.45) is 0 Å². The second kappa shape index (κ2) is 10.6. The van der Waals surface area contributed by atoms with E-state index in [0.717, 1.165) is 17.1 Å². The van der Waals surface area contributed by atoms with Crippen molar-refractivity contribution in [3.63, 3.8) is 0 Å². The van der Waals surface area contributed by atoms with Crippen LogP contribution in [0.2, 0.25) is 5.02 Å². The third-order valence-corrected chi connectivity index (χ3v) is 5.89. The van der Waals surface area contributed by atoms with Crippen molar-refractivity contribution < 1.29 is 14.3 Å². The molecular formula is C27H28ClN3O3. The average molecular weight is 478 g/mol. The van der Waals surface area contributed by atoms with Crippen LogP contribution in [0, 0.1) is 0 Å². The Kier molecular flexibility index (Phi) is 7.38. The zero-order valence-corrected chi connectivity index (χ0v) is 20.1. The fraction of sp³-hybridized carbons (Fsp3) is 0.259. The lowest BCUT2D eigenvalue weighted by molar-refractivity contribution is 0.0746. The molecule has 1 aliphatic heterocycles. The van der Waals surface area contributed by atoms with E-state index in [1.165, 1.54) is 0 Å². The summed E-state index contributed by atoms with van der Waals surface area (Å²) >= 11 is 5.94. The van der Waals surface area contributed by atoms with Crippen LogP contribution in [-0.2, 0) is 0 Å². The number of para-hydroxylation sites is 2. The van der Waals surface area contributed by atoms with Gasteiger partial charge in [0.2, 0.25) is 0 Å². The van der Waals surface area contributed by atoms with Crippen LogP contribution >= 0.6 is 11.6 Å². The van der Waals surface area contributed by atoms with E-state index in [-0.39, 0.29) is 17.9 Å². The number of nitrogens with one attached hydrogen (secondary N) is 1. The molecule has 0 spiro atoms. The Morgan fingerprint density at radius 1 is 0.853 bits per heavy atom. The SMILES string of the molecule is CC(C)Oc1ccc(C(=O)Nc2ccccc2N2CCN(C(=O)c3ccc(Cl)cc3)CC2)cc1. The summed E-state index contributed by atoms with van der Waals surface area (Å²) in [5.74, 6) is 0.556. The van der Waals surface area contributed by atoms with Crippen LogP contribution in [0.1, 0.15) is 34.6 Å². The molecule has 0 bridgehead atoms. The molecule has 1 N–H and O–H groups in total. The van der Waals surface area contributed by atoms with Crippen molar-refractivity contribution in [3.8, 4) is 5.75 Å². The maximum absolute atomic E-state index is 12.9. The highest BCUT2D eigenvalue weighted by molar-refractivity contribution is 6.30. The molecule has 1 fully saturated rings. The topological polar surface area (TPSA) is 61.9 Å². The van der Waals surface area contributed by atoms with Crippen LogP contribution in [0.25, 0.3) is 0 Å². The van der Waals surface area contributed by atoms with Crippen LogP contribution < -0.4 is 15.0 Å². The number of benzene rings is 3. The van der Waals surface area contributed by atoms with Gasteiger partial charge in [-0.15, -0.1) is 0 Å². The summed E-state index contributed by atoms with van der Waals surface area (Å²) in [6, 6.07) is 21.8. The summed E-state index contributed by atoms with van der Waals surface area (Å²) in [5.41, 5.74) is 2.88. The number of halogens is 1. The molecule has 2 amide bonds. The van der Waals surface area contributed by atoms with Crippen molar-refractivity contribution in [1.82, 2.24) is 4.90 Å². The highest BCUT2D eigenvalue weighted by Crippen LogP contribution is 2.28. The normalized spacial score (nSPS) is 13.6. The summed E-state index contributed by atoms with van der Waals surface area (Å²) in [7, 11) is 0. The Labute approximate surface area is 205 Å². The van der Waals surface area contributed by atoms with Crippen molar-refractivity contribution in [1.29, 1.82) is 0 Å². The Bertz CT molecular complexity index is 1140. The van der Waals surface area contributed by atoms with E-state index in [4.69, 9.17) is 16.3 Å². The quantitative estimate of drug-likeness (QED) is 0.520. The molecule has 1 saturated heterocycles. The number of piperazine rings is 1. The minimum atomic E-state index is -0.180. The van der Waals surface area contributed by atoms with Crippen LogP contribution in [0.5, 0.6) is 5.75 Å². The number of anilines is 2. The van der Waals surface area contributed by atoms with Crippen LogP contribution in [-0.4, -0.2) is 49.0 Å². The fourth-order valence-corrected chi connectivity index (χ4v) is 4.06. The first-order valence-electron chi connectivity index (χ1n) is 11.4. The molecule has 34 heavy (non-hydrogen) atoms. The van der Waals surface area contributed by atoms with Gasteiger partial charge < -0.3 is 19.9 Å². The van der Waals surface area contributed by atoms with Gasteiger partial charge in [-0.1, -0.05) is 23.7 Å². The fourth-order valence-electron chi connectivity index (χ4n) is 3.93. The van der Waals surface area contributed by atoms with Gasteiger partial charge in [0.25, 0.3) is 11.8 Å². The Balaban J connectivity index is 1.40. The molecule has 0 saturated carbocycles. The van der Waals surface area contributed by atoms with Gasteiger partial charge in [-0.25, -0.2) is 0 Å². The van der Waals surface area contributed by atoms with E-state index in [1.54, 1.807) is 48.5 Å². The van der Waals surface area contributed by atoms with Crippen LogP contribution in [0.3, 0.4) is 0 Å². The number of ether oxygens (including phenoxy) is 1. The molecule has 1 heterocycles. The first-order valence-corrected chi connectivity index (χ1v) is 11.8. The van der Waals surface area contributed by atoms with Crippen molar-refractivity contribution in [2.45, 2.75) is 20.0 Å². The van der Waals surface area contributed by atoms with E-state index < -0.39 is 0 Å². The number of carbonyl (C=O) groups excluding carboxylic acids is 2. The third-order valence-electron chi connectivity index (χ3n) is 5.64. The van der Waals surface area contributed by atoms with Crippen LogP contribution in [0.4, 0.5) is 11.4 Å². The van der Waals surface area contributed by atoms with E-state index in [1.807, 2.05) is 43.0 Å². The number of hydrogen-bond donors (Lipinski definition) is 1. The molecule has 0 aliphatic carbocycles. The van der Waals surface area contributed by atoms with E-state index >= 15 is 0 Å². The third kappa shape index (κ3) is 5.69. The summed E-state index contributed by atoms with van der Waals surface area (Å²) in [6.07, 6.45) is 0.0773. The molecule has 4 rings (SSSR count). The van der Waals surface area contributed by atoms with Gasteiger partial charge >= 0.3 is 0 Å². The minimum absolute atomic E-state index is 0.00259. The second-order valence-electron chi connectivity index (χ2n) is 8.45. The molecule has 6 nitrogen and oxygen atoms in total. The first-order chi connectivity index (χ1) is 16.4. The van der Waals surface area contributed by atoms with E-state index in [9.17, 15) is 9.59 Å². The van der Waals surface area contributed by atoms with Gasteiger partial charge in [-0.2, -0.15) is 0 Å². The maximum Gasteiger partial charge on any atom is 0.255 e. The molecule has 0 unspecified atom stereocenters. The smallest absolute Gasteiger partial charge is 0.255 e. The highest BCUT2D eigenvalue weighted by atomic mass is 35.5. The first kappa shape index (κ1) is 23.6. The second-order valence-corrected chi connectivity index (χ2v) is 8.88. The molecule has 3 aromatic carbocycles. The van der Waals surface area contributed by atoms with Crippen molar-refractivity contribution in [3.05, 3.63) is 88.9 Å². The standard InChI is InChI=1S/C27H28ClN3O3/c1-19(2)34-23-13-9-20(10-14-23)26(32)29-24-5-3-4-6-25(24)30-15-17-31(18-16-30)27(33)21-7-11-22(28)12-8-21/h3-14,19H,15-18H2,1-2H3,(H,29,32). The Hall–Kier alpha value is -3.51. The predicted octanol–water partition coefficient (Wildman–Crippen LogP) is 5.34. The van der Waals surface area contributed by atoms with Crippen molar-refractivity contribution >= 4 is 34.8 Å². The molecular weight excluding hydrogens is 450 g/mol. The predicted molar refractivity (Wildman–Crippen MR) is 136 cm³/mol. The summed E-state index contributed by atoms with van der Waals surface area (Å²) < 4.78 is 5.65. The van der Waals surface area contributed by atoms with Gasteiger partial charge in [-0.3, -0.25) is 9.59 Å². The molecule has 0 atom stereocenters. The minimum Gasteiger partial charge on any atom is -0.491 e. The van der Waals surface area contributed by atoms with E-state index in [2.05, 4.69) is 10.2 Å². The van der Waals surface area contributed by atoms with Crippen molar-refractivity contribution in [2.75, 3.05) is 36.4 Å². The van der Waals surface area contributed by atoms with Gasteiger partial charge in [-0.05, 0) is 74.5 Å². The Morgan fingerprint density at radius 2 is 1.47 bits per heavy atom. The van der Waals surface area contributed by atoms with Gasteiger partial charge in [0.05, 0.1) is 17.5 Å². The average Bonchev–Trinajstić information content (AvgIpc) is 2.84. The lowest BCUT2D eigenvalue weighted by atomic mass is 10.1. The number of rotatable bonds is 6. The molecule has 0 aromatic heterocycles. The zero-order chi connectivity index (χ0) is 24.1. The Morgan fingerprint density at radius 3 is 2.12 bits per heavy atom. The van der Waals surface area contributed by atoms with Gasteiger partial charge in [0.15, 0.2) is 0 Å². The van der Waals surface area contributed by atoms with E-state index in [0.29, 0.717) is 42.3 Å². The molecule has 0 radical (unpaired) electrons. The van der Waals surface area contributed by atoms with Crippen LogP contribution in [0.15, 0.2) is 72.8 Å².